The number of thioether (sulfide) groups is 1. The average Bonchev–Trinajstić information content (AvgIpc) is 2.77. The molecule has 0 radical (unpaired) electrons. The van der Waals surface area contributed by atoms with Gasteiger partial charge in [0, 0.05) is 17.1 Å². The van der Waals surface area contributed by atoms with E-state index in [4.69, 9.17) is 0 Å². The topological polar surface area (TPSA) is 29.9 Å². The van der Waals surface area contributed by atoms with Crippen molar-refractivity contribution < 1.29 is 8.78 Å². The molecule has 3 nitrogen and oxygen atoms in total. The molecule has 0 saturated carbocycles. The van der Waals surface area contributed by atoms with Crippen molar-refractivity contribution in [3.8, 4) is 0 Å². The summed E-state index contributed by atoms with van der Waals surface area (Å²) in [5, 5.41) is 7.57. The summed E-state index contributed by atoms with van der Waals surface area (Å²) in [6.45, 7) is 5.32. The molecule has 0 unspecified atom stereocenters. The minimum atomic E-state index is -2.42. The number of nitrogens with zero attached hydrogens (tertiary/aromatic N) is 2. The highest BCUT2D eigenvalue weighted by molar-refractivity contribution is 7.99. The van der Waals surface area contributed by atoms with Gasteiger partial charge in [-0.25, -0.2) is 0 Å². The SMILES string of the molecule is CCn1nc(C)cc1CNc1ccccc1SC(F)F. The van der Waals surface area contributed by atoms with Crippen LogP contribution in [0.3, 0.4) is 0 Å². The van der Waals surface area contributed by atoms with Gasteiger partial charge in [0.25, 0.3) is 5.76 Å². The van der Waals surface area contributed by atoms with E-state index in [1.165, 1.54) is 0 Å². The first-order valence-electron chi connectivity index (χ1n) is 6.41. The summed E-state index contributed by atoms with van der Waals surface area (Å²) >= 11 is 0.557. The van der Waals surface area contributed by atoms with Gasteiger partial charge in [0.1, 0.15) is 0 Å². The third kappa shape index (κ3) is 3.72. The fraction of sp³-hybridized carbons (Fsp3) is 0.357. The molecule has 0 fully saturated rings. The van der Waals surface area contributed by atoms with Gasteiger partial charge in [-0.05, 0) is 32.0 Å². The molecule has 6 heteroatoms. The fourth-order valence-corrected chi connectivity index (χ4v) is 2.63. The molecular weight excluding hydrogens is 280 g/mol. The third-order valence-electron chi connectivity index (χ3n) is 2.85. The smallest absolute Gasteiger partial charge is 0.288 e. The minimum absolute atomic E-state index is 0.557. The second-order valence-corrected chi connectivity index (χ2v) is 5.35. The predicted molar refractivity (Wildman–Crippen MR) is 78.3 cm³/mol. The Bertz CT molecular complexity index is 569. The number of nitrogens with one attached hydrogen (secondary N) is 1. The standard InChI is InChI=1S/C14H17F2N3S/c1-3-19-11(8-10(2)18-19)9-17-12-6-4-5-7-13(12)20-14(15)16/h4-8,14,17H,3,9H2,1-2H3. The lowest BCUT2D eigenvalue weighted by Crippen LogP contribution is -2.08. The highest BCUT2D eigenvalue weighted by Crippen LogP contribution is 2.31. The van der Waals surface area contributed by atoms with E-state index in [9.17, 15) is 8.78 Å². The van der Waals surface area contributed by atoms with Crippen LogP contribution in [0.15, 0.2) is 35.2 Å². The lowest BCUT2D eigenvalue weighted by molar-refractivity contribution is 0.252. The van der Waals surface area contributed by atoms with Crippen LogP contribution in [0.5, 0.6) is 0 Å². The Kier molecular flexibility index (Phi) is 5.00. The van der Waals surface area contributed by atoms with Crippen molar-refractivity contribution in [2.45, 2.75) is 37.6 Å². The summed E-state index contributed by atoms with van der Waals surface area (Å²) < 4.78 is 26.9. The molecule has 2 rings (SSSR count). The summed E-state index contributed by atoms with van der Waals surface area (Å²) in [5.74, 6) is -2.42. The maximum absolute atomic E-state index is 12.5. The molecule has 0 aliphatic carbocycles. The number of benzene rings is 1. The van der Waals surface area contributed by atoms with Gasteiger partial charge in [-0.2, -0.15) is 13.9 Å². The number of alkyl halides is 2. The molecular formula is C14H17F2N3S. The average molecular weight is 297 g/mol. The lowest BCUT2D eigenvalue weighted by Gasteiger charge is -2.12. The molecule has 2 aromatic rings. The van der Waals surface area contributed by atoms with Crippen LogP contribution in [0.2, 0.25) is 0 Å². The fourth-order valence-electron chi connectivity index (χ4n) is 2.01. The lowest BCUT2D eigenvalue weighted by atomic mass is 10.3. The first kappa shape index (κ1) is 14.8. The second kappa shape index (κ2) is 6.74. The molecule has 1 aromatic heterocycles. The molecule has 1 heterocycles. The molecule has 108 valence electrons. The zero-order valence-electron chi connectivity index (χ0n) is 11.4. The van der Waals surface area contributed by atoms with E-state index in [-0.39, 0.29) is 0 Å². The van der Waals surface area contributed by atoms with Crippen LogP contribution in [0.25, 0.3) is 0 Å². The highest BCUT2D eigenvalue weighted by Gasteiger charge is 2.10. The number of rotatable bonds is 6. The molecule has 0 bridgehead atoms. The number of aromatic nitrogens is 2. The number of hydrogen-bond donors (Lipinski definition) is 1. The van der Waals surface area contributed by atoms with Crippen LogP contribution in [-0.4, -0.2) is 15.5 Å². The zero-order chi connectivity index (χ0) is 14.5. The zero-order valence-corrected chi connectivity index (χ0v) is 12.3. The molecule has 20 heavy (non-hydrogen) atoms. The van der Waals surface area contributed by atoms with Gasteiger partial charge in [0.15, 0.2) is 0 Å². The molecule has 0 aliphatic rings. The van der Waals surface area contributed by atoms with Crippen LogP contribution in [-0.2, 0) is 13.1 Å². The Morgan fingerprint density at radius 3 is 2.80 bits per heavy atom. The van der Waals surface area contributed by atoms with Crippen molar-refractivity contribution in [1.29, 1.82) is 0 Å². The first-order valence-corrected chi connectivity index (χ1v) is 7.29. The molecule has 0 spiro atoms. The van der Waals surface area contributed by atoms with Gasteiger partial charge in [0.2, 0.25) is 0 Å². The normalized spacial score (nSPS) is 11.1. The monoisotopic (exact) mass is 297 g/mol. The summed E-state index contributed by atoms with van der Waals surface area (Å²) in [6.07, 6.45) is 0. The molecule has 0 amide bonds. The second-order valence-electron chi connectivity index (χ2n) is 4.32. The minimum Gasteiger partial charge on any atom is -0.378 e. The maximum Gasteiger partial charge on any atom is 0.288 e. The van der Waals surface area contributed by atoms with E-state index in [0.717, 1.165) is 23.6 Å². The van der Waals surface area contributed by atoms with Gasteiger partial charge >= 0.3 is 0 Å². The van der Waals surface area contributed by atoms with Crippen LogP contribution in [0, 0.1) is 6.92 Å². The van der Waals surface area contributed by atoms with Crippen LogP contribution in [0.4, 0.5) is 14.5 Å². The summed E-state index contributed by atoms with van der Waals surface area (Å²) in [7, 11) is 0. The summed E-state index contributed by atoms with van der Waals surface area (Å²) in [5.41, 5.74) is 2.72. The van der Waals surface area contributed by atoms with Crippen molar-refractivity contribution in [3.05, 3.63) is 41.7 Å². The predicted octanol–water partition coefficient (Wildman–Crippen LogP) is 4.14. The van der Waals surface area contributed by atoms with Gasteiger partial charge in [-0.1, -0.05) is 23.9 Å². The van der Waals surface area contributed by atoms with Crippen molar-refractivity contribution in [3.63, 3.8) is 0 Å². The quantitative estimate of drug-likeness (QED) is 0.813. The van der Waals surface area contributed by atoms with Crippen molar-refractivity contribution in [2.75, 3.05) is 5.32 Å². The Hall–Kier alpha value is -1.56. The van der Waals surface area contributed by atoms with Crippen molar-refractivity contribution in [2.24, 2.45) is 0 Å². The van der Waals surface area contributed by atoms with E-state index in [2.05, 4.69) is 10.4 Å². The van der Waals surface area contributed by atoms with Crippen LogP contribution in [0.1, 0.15) is 18.3 Å². The van der Waals surface area contributed by atoms with Gasteiger partial charge in [0.05, 0.1) is 17.9 Å². The number of halogens is 2. The molecule has 0 saturated heterocycles. The first-order chi connectivity index (χ1) is 9.60. The number of hydrogen-bond acceptors (Lipinski definition) is 3. The van der Waals surface area contributed by atoms with Crippen LogP contribution < -0.4 is 5.32 Å². The van der Waals surface area contributed by atoms with Gasteiger partial charge in [-0.3, -0.25) is 4.68 Å². The summed E-state index contributed by atoms with van der Waals surface area (Å²) in [6, 6.07) is 9.10. The highest BCUT2D eigenvalue weighted by atomic mass is 32.2. The van der Waals surface area contributed by atoms with E-state index in [1.807, 2.05) is 36.7 Å². The Morgan fingerprint density at radius 2 is 2.10 bits per heavy atom. The number of aryl methyl sites for hydroxylation is 2. The van der Waals surface area contributed by atoms with E-state index >= 15 is 0 Å². The van der Waals surface area contributed by atoms with Crippen LogP contribution >= 0.6 is 11.8 Å². The van der Waals surface area contributed by atoms with E-state index < -0.39 is 5.76 Å². The Labute approximate surface area is 121 Å². The molecule has 0 atom stereocenters. The Morgan fingerprint density at radius 1 is 1.35 bits per heavy atom. The van der Waals surface area contributed by atoms with E-state index in [1.54, 1.807) is 12.1 Å². The van der Waals surface area contributed by atoms with Gasteiger partial charge < -0.3 is 5.32 Å². The molecule has 1 N–H and O–H groups in total. The van der Waals surface area contributed by atoms with Crippen molar-refractivity contribution >= 4 is 17.4 Å². The van der Waals surface area contributed by atoms with E-state index in [0.29, 0.717) is 23.2 Å². The Balaban J connectivity index is 2.10. The molecule has 0 aliphatic heterocycles. The number of para-hydroxylation sites is 1. The van der Waals surface area contributed by atoms with Crippen molar-refractivity contribution in [1.82, 2.24) is 9.78 Å². The molecule has 1 aromatic carbocycles. The maximum atomic E-state index is 12.5. The number of anilines is 1. The summed E-state index contributed by atoms with van der Waals surface area (Å²) in [4.78, 5) is 0.557. The third-order valence-corrected chi connectivity index (χ3v) is 3.64. The van der Waals surface area contributed by atoms with Gasteiger partial charge in [-0.15, -0.1) is 0 Å². The largest absolute Gasteiger partial charge is 0.378 e.